The Kier molecular flexibility index (Phi) is 15.5. The molecule has 7 aromatic rings. The van der Waals surface area contributed by atoms with Crippen molar-refractivity contribution in [1.29, 1.82) is 0 Å². The topological polar surface area (TPSA) is 74.3 Å². The van der Waals surface area contributed by atoms with Crippen molar-refractivity contribution in [2.24, 2.45) is 0 Å². The average molecular weight is 933 g/mol. The van der Waals surface area contributed by atoms with Gasteiger partial charge in [0.15, 0.2) is 0 Å². The van der Waals surface area contributed by atoms with Crippen molar-refractivity contribution in [3.8, 4) is 0 Å². The standard InChI is InChI=1S/C28H32N2O2Si.C21H25IN2OSi/c1-33(2,3)19-18-32-21-30-27-20-24(28(31)23-12-8-5-9-13-23)15-16-25(27)26(29-30)17-14-22-10-6-4-7-11-22;1-26(2,3)14-13-25-16-24-21-15-18(22)10-11-19(21)20(23-24)12-9-17-7-5-4-6-8-17/h4-17,20,28,31H,18-19,21H2,1-3H3;4-12,15H,13-14,16H2,1-3H3/b17-14+;12-9+. The van der Waals surface area contributed by atoms with Gasteiger partial charge in [0, 0.05) is 43.7 Å². The van der Waals surface area contributed by atoms with E-state index in [0.29, 0.717) is 13.5 Å². The molecule has 0 fully saturated rings. The number of hydrogen-bond donors (Lipinski definition) is 1. The second kappa shape index (κ2) is 20.7. The molecule has 0 bridgehead atoms. The number of benzene rings is 5. The first-order chi connectivity index (χ1) is 28.3. The molecule has 306 valence electrons. The molecule has 7 rings (SSSR count). The number of hydrogen-bond acceptors (Lipinski definition) is 5. The van der Waals surface area contributed by atoms with Gasteiger partial charge in [-0.3, -0.25) is 0 Å². The van der Waals surface area contributed by atoms with Crippen LogP contribution in [0.15, 0.2) is 127 Å². The number of halogens is 1. The van der Waals surface area contributed by atoms with Gasteiger partial charge in [-0.25, -0.2) is 9.36 Å². The average Bonchev–Trinajstić information content (AvgIpc) is 3.76. The van der Waals surface area contributed by atoms with Gasteiger partial charge in [-0.1, -0.05) is 155 Å². The zero-order valence-corrected chi connectivity index (χ0v) is 39.3. The van der Waals surface area contributed by atoms with Gasteiger partial charge in [0.25, 0.3) is 0 Å². The van der Waals surface area contributed by atoms with Crippen LogP contribution in [0.5, 0.6) is 0 Å². The molecule has 0 radical (unpaired) electrons. The number of nitrogens with zero attached hydrogens (tertiary/aromatic N) is 4. The van der Waals surface area contributed by atoms with Crippen LogP contribution in [0.4, 0.5) is 0 Å². The van der Waals surface area contributed by atoms with Gasteiger partial charge >= 0.3 is 0 Å². The third kappa shape index (κ3) is 13.3. The van der Waals surface area contributed by atoms with E-state index in [2.05, 4.69) is 123 Å². The molecule has 2 heterocycles. The summed E-state index contributed by atoms with van der Waals surface area (Å²) in [6.45, 7) is 16.6. The fourth-order valence-electron chi connectivity index (χ4n) is 6.37. The summed E-state index contributed by atoms with van der Waals surface area (Å²) in [4.78, 5) is 0. The molecule has 0 spiro atoms. The second-order valence-electron chi connectivity index (χ2n) is 17.2. The van der Waals surface area contributed by atoms with E-state index >= 15 is 0 Å². The molecule has 1 atom stereocenters. The van der Waals surface area contributed by atoms with Crippen LogP contribution in [0.25, 0.3) is 46.1 Å². The second-order valence-corrected chi connectivity index (χ2v) is 29.7. The Morgan fingerprint density at radius 2 is 1.00 bits per heavy atom. The van der Waals surface area contributed by atoms with E-state index in [-0.39, 0.29) is 0 Å². The minimum absolute atomic E-state index is 0.394. The maximum absolute atomic E-state index is 10.9. The Morgan fingerprint density at radius 1 is 0.559 bits per heavy atom. The number of ether oxygens (including phenoxy) is 2. The summed E-state index contributed by atoms with van der Waals surface area (Å²) in [6, 6.07) is 45.1. The Bertz CT molecular complexity index is 2450. The van der Waals surface area contributed by atoms with Gasteiger partial charge < -0.3 is 14.6 Å². The van der Waals surface area contributed by atoms with E-state index in [1.165, 1.54) is 15.2 Å². The van der Waals surface area contributed by atoms with Crippen LogP contribution in [0.2, 0.25) is 51.4 Å². The molecule has 59 heavy (non-hydrogen) atoms. The van der Waals surface area contributed by atoms with Crippen LogP contribution in [-0.4, -0.2) is 54.0 Å². The molecule has 10 heteroatoms. The Balaban J connectivity index is 0.000000204. The lowest BCUT2D eigenvalue weighted by Crippen LogP contribution is -2.22. The summed E-state index contributed by atoms with van der Waals surface area (Å²) in [5.41, 5.74) is 7.97. The normalized spacial score (nSPS) is 12.7. The van der Waals surface area contributed by atoms with Crippen molar-refractivity contribution in [1.82, 2.24) is 19.6 Å². The fourth-order valence-corrected chi connectivity index (χ4v) is 8.36. The minimum atomic E-state index is -1.15. The third-order valence-corrected chi connectivity index (χ3v) is 13.9. The number of rotatable bonds is 16. The minimum Gasteiger partial charge on any atom is -0.384 e. The van der Waals surface area contributed by atoms with Gasteiger partial charge in [-0.15, -0.1) is 0 Å². The van der Waals surface area contributed by atoms with E-state index in [4.69, 9.17) is 19.7 Å². The number of aliphatic hydroxyl groups excluding tert-OH is 1. The van der Waals surface area contributed by atoms with Crippen molar-refractivity contribution in [2.45, 2.75) is 70.9 Å². The summed E-state index contributed by atoms with van der Waals surface area (Å²) in [5, 5.41) is 22.8. The first-order valence-electron chi connectivity index (χ1n) is 20.3. The largest absolute Gasteiger partial charge is 0.384 e. The summed E-state index contributed by atoms with van der Waals surface area (Å²) in [7, 11) is -2.22. The Hall–Kier alpha value is -4.44. The maximum atomic E-state index is 10.9. The highest BCUT2D eigenvalue weighted by atomic mass is 127. The number of aromatic nitrogens is 4. The fraction of sp³-hybridized carbons (Fsp3) is 0.265. The highest BCUT2D eigenvalue weighted by Gasteiger charge is 2.17. The molecule has 0 amide bonds. The quantitative estimate of drug-likeness (QED) is 0.0594. The lowest BCUT2D eigenvalue weighted by molar-refractivity contribution is 0.0815. The SMILES string of the molecule is C[Si](C)(C)CCOCn1nc(/C=C/c2ccccc2)c2ccc(C(O)c3ccccc3)cc21.C[Si](C)(C)CCOCn1nc(/C=C/c2ccccc2)c2ccc(I)cc21. The number of aliphatic hydroxyl groups is 1. The van der Waals surface area contributed by atoms with Crippen molar-refractivity contribution in [3.05, 3.63) is 165 Å². The van der Waals surface area contributed by atoms with Crippen LogP contribution < -0.4 is 0 Å². The van der Waals surface area contributed by atoms with E-state index in [0.717, 1.165) is 69.1 Å². The Morgan fingerprint density at radius 3 is 1.47 bits per heavy atom. The monoisotopic (exact) mass is 932 g/mol. The highest BCUT2D eigenvalue weighted by Crippen LogP contribution is 2.29. The number of fused-ring (bicyclic) bond motifs is 2. The molecule has 1 unspecified atom stereocenters. The van der Waals surface area contributed by atoms with E-state index < -0.39 is 22.3 Å². The van der Waals surface area contributed by atoms with Gasteiger partial charge in [-0.05, 0) is 93.4 Å². The van der Waals surface area contributed by atoms with Crippen LogP contribution in [0.3, 0.4) is 0 Å². The summed E-state index contributed by atoms with van der Waals surface area (Å²) in [6.07, 6.45) is 7.63. The van der Waals surface area contributed by atoms with E-state index in [9.17, 15) is 5.11 Å². The van der Waals surface area contributed by atoms with Crippen LogP contribution in [0, 0.1) is 3.57 Å². The molecule has 0 aliphatic rings. The maximum Gasteiger partial charge on any atom is 0.140 e. The Labute approximate surface area is 365 Å². The smallest absolute Gasteiger partial charge is 0.140 e. The first kappa shape index (κ1) is 44.1. The van der Waals surface area contributed by atoms with Crippen LogP contribution in [0.1, 0.15) is 39.7 Å². The molecule has 0 aliphatic heterocycles. The van der Waals surface area contributed by atoms with E-state index in [1.807, 2.05) is 100 Å². The zero-order valence-electron chi connectivity index (χ0n) is 35.2. The molecular weight excluding hydrogens is 876 g/mol. The third-order valence-electron chi connectivity index (χ3n) is 9.86. The molecular formula is C49H57IN4O3Si2. The highest BCUT2D eigenvalue weighted by molar-refractivity contribution is 14.1. The molecule has 0 aliphatic carbocycles. The molecule has 0 saturated heterocycles. The van der Waals surface area contributed by atoms with Crippen LogP contribution >= 0.6 is 22.6 Å². The zero-order chi connectivity index (χ0) is 41.8. The summed E-state index contributed by atoms with van der Waals surface area (Å²) < 4.78 is 17.0. The molecule has 1 N–H and O–H groups in total. The molecule has 0 saturated carbocycles. The van der Waals surface area contributed by atoms with Gasteiger partial charge in [-0.2, -0.15) is 10.2 Å². The van der Waals surface area contributed by atoms with Crippen LogP contribution in [-0.2, 0) is 22.9 Å². The van der Waals surface area contributed by atoms with Gasteiger partial charge in [0.2, 0.25) is 0 Å². The van der Waals surface area contributed by atoms with Crippen molar-refractivity contribution >= 4 is 84.8 Å². The lowest BCUT2D eigenvalue weighted by Gasteiger charge is -2.15. The molecule has 7 nitrogen and oxygen atoms in total. The molecule has 2 aromatic heterocycles. The van der Waals surface area contributed by atoms with Gasteiger partial charge in [0.1, 0.15) is 19.6 Å². The summed E-state index contributed by atoms with van der Waals surface area (Å²) in [5.74, 6) is 0. The first-order valence-corrected chi connectivity index (χ1v) is 28.8. The van der Waals surface area contributed by atoms with Crippen molar-refractivity contribution in [3.63, 3.8) is 0 Å². The predicted molar refractivity (Wildman–Crippen MR) is 262 cm³/mol. The molecule has 5 aromatic carbocycles. The predicted octanol–water partition coefficient (Wildman–Crippen LogP) is 12.7. The summed E-state index contributed by atoms with van der Waals surface area (Å²) >= 11 is 2.35. The van der Waals surface area contributed by atoms with Gasteiger partial charge in [0.05, 0.1) is 22.4 Å². The lowest BCUT2D eigenvalue weighted by atomic mass is 10.00. The van der Waals surface area contributed by atoms with E-state index in [1.54, 1.807) is 0 Å². The van der Waals surface area contributed by atoms with Crippen molar-refractivity contribution < 1.29 is 14.6 Å². The van der Waals surface area contributed by atoms with Crippen molar-refractivity contribution in [2.75, 3.05) is 13.2 Å².